The second kappa shape index (κ2) is 11.9. The molecule has 1 aliphatic heterocycles. The Bertz CT molecular complexity index is 1700. The molecule has 8 rings (SSSR count). The van der Waals surface area contributed by atoms with Gasteiger partial charge in [0.05, 0.1) is 29.6 Å². The number of carbonyl (C=O) groups excluding carboxylic acids is 2. The number of allylic oxidation sites excluding steroid dienone is 1. The molecule has 5 aliphatic carbocycles. The smallest absolute Gasteiger partial charge is 0.340 e. The van der Waals surface area contributed by atoms with Crippen molar-refractivity contribution in [3.63, 3.8) is 0 Å². The zero-order valence-electron chi connectivity index (χ0n) is 29.5. The number of amides is 1. The van der Waals surface area contributed by atoms with Crippen molar-refractivity contribution in [3.8, 4) is 0 Å². The molecule has 0 radical (unpaired) electrons. The van der Waals surface area contributed by atoms with Crippen molar-refractivity contribution < 1.29 is 38.7 Å². The van der Waals surface area contributed by atoms with Crippen LogP contribution in [0.1, 0.15) is 61.9 Å². The molecule has 1 aromatic carbocycles. The third-order valence-electron chi connectivity index (χ3n) is 14.0. The number of aliphatic hydroxyl groups is 2. The van der Waals surface area contributed by atoms with E-state index in [1.54, 1.807) is 58.0 Å². The van der Waals surface area contributed by atoms with Gasteiger partial charge in [0, 0.05) is 87.9 Å². The number of pyridine rings is 1. The van der Waals surface area contributed by atoms with Gasteiger partial charge in [0.2, 0.25) is 5.91 Å². The largest absolute Gasteiger partial charge is 0.454 e. The molecule has 50 heavy (non-hydrogen) atoms. The second-order valence-electron chi connectivity index (χ2n) is 15.6. The van der Waals surface area contributed by atoms with Crippen LogP contribution in [0.25, 0.3) is 5.57 Å². The summed E-state index contributed by atoms with van der Waals surface area (Å²) in [6, 6.07) is 10.6. The average Bonchev–Trinajstić information content (AvgIpc) is 3.55. The Morgan fingerprint density at radius 3 is 2.56 bits per heavy atom. The van der Waals surface area contributed by atoms with E-state index in [-0.39, 0.29) is 53.4 Å². The molecule has 2 aromatic rings. The first-order chi connectivity index (χ1) is 24.0. The molecule has 12 atom stereocenters. The topological polar surface area (TPSA) is 140 Å². The number of nitrogens with zero attached hydrogens (tertiary/aromatic N) is 2. The lowest BCUT2D eigenvalue weighted by atomic mass is 9.44. The maximum Gasteiger partial charge on any atom is 0.340 e. The van der Waals surface area contributed by atoms with Crippen LogP contribution in [0.4, 0.5) is 5.69 Å². The van der Waals surface area contributed by atoms with E-state index in [9.17, 15) is 19.8 Å². The van der Waals surface area contributed by atoms with Gasteiger partial charge in [-0.05, 0) is 68.5 Å². The number of hydrogen-bond acceptors (Lipinski definition) is 10. The van der Waals surface area contributed by atoms with E-state index in [4.69, 9.17) is 18.9 Å². The van der Waals surface area contributed by atoms with Crippen molar-refractivity contribution >= 4 is 23.1 Å². The number of anilines is 1. The number of hydrogen-bond donors (Lipinski definition) is 3. The highest BCUT2D eigenvalue weighted by Crippen LogP contribution is 2.79. The molecule has 6 aliphatic rings. The van der Waals surface area contributed by atoms with Crippen molar-refractivity contribution in [1.82, 2.24) is 9.88 Å². The summed E-state index contributed by atoms with van der Waals surface area (Å²) in [7, 11) is 5.05. The standard InChI is InChI=1S/C39H49N3O8/c1-6-42-21-36(50-35(44)24-11-7-8-12-27(24)41-32(43)16-22(2)23-10-9-15-40-20-23)14-13-31(48-4)38-29(36)18-26(33(38)42)37(45)19-28(47-3)25-17-30(38)39(37,46)34(25)49-5/h7-12,15-16,20,25-26,28-31,33-34,45-46H,6,13-14,17-19,21H2,1-5H3,(H,41,43)/b22-16+/t25-,26-,28+,29-,30+,31+,33?,34?,36-,37+,38+,39+/m1/s1. The number of likely N-dealkylation sites (N-methyl/N-ethyl adjacent to an activating group) is 1. The molecule has 2 heterocycles. The first-order valence-electron chi connectivity index (χ1n) is 18.0. The SMILES string of the molecule is CCN1C[C@]2(OC(=O)c3ccccc3NC(=O)/C=C(\C)c3cccnc3)CC[C@H](OC)[C@]34C1[C@@H](C[C@H]23)[C@@]1(O)C[C@H](OC)[C@H]2C[C@@H]4[C@]1(O)C2OC. The Kier molecular flexibility index (Phi) is 8.09. The van der Waals surface area contributed by atoms with Gasteiger partial charge >= 0.3 is 5.97 Å². The predicted molar refractivity (Wildman–Crippen MR) is 184 cm³/mol. The lowest BCUT2D eigenvalue weighted by Gasteiger charge is -2.70. The van der Waals surface area contributed by atoms with Gasteiger partial charge in [-0.15, -0.1) is 0 Å². The van der Waals surface area contributed by atoms with Crippen molar-refractivity contribution in [3.05, 3.63) is 66.0 Å². The van der Waals surface area contributed by atoms with Crippen molar-refractivity contribution in [2.24, 2.45) is 29.1 Å². The second-order valence-corrected chi connectivity index (χ2v) is 15.6. The van der Waals surface area contributed by atoms with Crippen LogP contribution in [-0.2, 0) is 23.7 Å². The fourth-order valence-electron chi connectivity index (χ4n) is 12.5. The molecule has 1 spiro atoms. The number of aromatic nitrogens is 1. The van der Waals surface area contributed by atoms with E-state index in [1.165, 1.54) is 6.08 Å². The van der Waals surface area contributed by atoms with Crippen LogP contribution in [0.15, 0.2) is 54.9 Å². The summed E-state index contributed by atoms with van der Waals surface area (Å²) in [6.07, 6.45) is 6.60. The Balaban J connectivity index is 1.17. The number of esters is 1. The van der Waals surface area contributed by atoms with Gasteiger partial charge < -0.3 is 34.5 Å². The van der Waals surface area contributed by atoms with E-state index >= 15 is 0 Å². The van der Waals surface area contributed by atoms with Gasteiger partial charge in [-0.25, -0.2) is 4.79 Å². The highest BCUT2D eigenvalue weighted by Gasteiger charge is 2.89. The van der Waals surface area contributed by atoms with Crippen LogP contribution >= 0.6 is 0 Å². The molecule has 3 N–H and O–H groups in total. The molecule has 1 aromatic heterocycles. The minimum absolute atomic E-state index is 0.0712. The van der Waals surface area contributed by atoms with Crippen molar-refractivity contribution in [2.45, 2.75) is 87.1 Å². The third-order valence-corrected chi connectivity index (χ3v) is 14.0. The average molecular weight is 688 g/mol. The number of carbonyl (C=O) groups is 2. The van der Waals surface area contributed by atoms with Crippen LogP contribution in [-0.4, -0.2) is 108 Å². The quantitative estimate of drug-likeness (QED) is 0.264. The number of ether oxygens (including phenoxy) is 4. The molecule has 6 fully saturated rings. The van der Waals surface area contributed by atoms with E-state index < -0.39 is 34.3 Å². The number of piperidine rings is 1. The normalized spacial score (nSPS) is 42.7. The molecule has 2 unspecified atom stereocenters. The predicted octanol–water partition coefficient (Wildman–Crippen LogP) is 3.70. The van der Waals surface area contributed by atoms with Gasteiger partial charge in [-0.3, -0.25) is 14.7 Å². The maximum atomic E-state index is 14.4. The number of benzene rings is 1. The molecule has 1 amide bonds. The van der Waals surface area contributed by atoms with E-state index in [0.717, 1.165) is 11.1 Å². The summed E-state index contributed by atoms with van der Waals surface area (Å²) >= 11 is 0. The Hall–Kier alpha value is -3.19. The molecule has 7 bridgehead atoms. The number of rotatable bonds is 9. The van der Waals surface area contributed by atoms with Gasteiger partial charge in [-0.2, -0.15) is 0 Å². The Labute approximate surface area is 293 Å². The summed E-state index contributed by atoms with van der Waals surface area (Å²) in [5.41, 5.74) is -2.24. The fraction of sp³-hybridized carbons (Fsp3) is 0.615. The van der Waals surface area contributed by atoms with Gasteiger partial charge in [0.1, 0.15) is 16.8 Å². The number of methoxy groups -OCH3 is 3. The van der Waals surface area contributed by atoms with Crippen molar-refractivity contribution in [1.29, 1.82) is 0 Å². The lowest BCUT2D eigenvalue weighted by Crippen LogP contribution is -2.83. The highest BCUT2D eigenvalue weighted by atomic mass is 16.6. The number of fused-ring (bicyclic) bond motifs is 2. The molecule has 5 saturated carbocycles. The zero-order chi connectivity index (χ0) is 35.2. The minimum atomic E-state index is -1.50. The molecule has 268 valence electrons. The van der Waals surface area contributed by atoms with Crippen molar-refractivity contribution in [2.75, 3.05) is 39.7 Å². The maximum absolute atomic E-state index is 14.4. The van der Waals surface area contributed by atoms with Gasteiger partial charge in [0.25, 0.3) is 0 Å². The monoisotopic (exact) mass is 687 g/mol. The molecule has 11 heteroatoms. The van der Waals surface area contributed by atoms with Crippen LogP contribution < -0.4 is 5.32 Å². The fourth-order valence-corrected chi connectivity index (χ4v) is 12.5. The zero-order valence-corrected chi connectivity index (χ0v) is 29.5. The van der Waals surface area contributed by atoms with Crippen LogP contribution in [0, 0.1) is 29.1 Å². The molecular weight excluding hydrogens is 638 g/mol. The van der Waals surface area contributed by atoms with Gasteiger partial charge in [0.15, 0.2) is 0 Å². The summed E-state index contributed by atoms with van der Waals surface area (Å²) in [4.78, 5) is 34.2. The van der Waals surface area contributed by atoms with Gasteiger partial charge in [-0.1, -0.05) is 25.1 Å². The summed E-state index contributed by atoms with van der Waals surface area (Å²) in [6.45, 7) is 5.16. The van der Waals surface area contributed by atoms with E-state index in [0.29, 0.717) is 50.9 Å². The lowest BCUT2D eigenvalue weighted by molar-refractivity contribution is -0.337. The number of likely N-dealkylation sites (tertiary alicyclic amines) is 1. The molecular formula is C39H49N3O8. The summed E-state index contributed by atoms with van der Waals surface area (Å²) in [5, 5.41) is 28.8. The Morgan fingerprint density at radius 2 is 1.86 bits per heavy atom. The number of para-hydroxylation sites is 1. The minimum Gasteiger partial charge on any atom is -0.454 e. The van der Waals surface area contributed by atoms with Crippen LogP contribution in [0.2, 0.25) is 0 Å². The Morgan fingerprint density at radius 1 is 1.06 bits per heavy atom. The van der Waals surface area contributed by atoms with Crippen LogP contribution in [0.5, 0.6) is 0 Å². The third kappa shape index (κ3) is 4.28. The summed E-state index contributed by atoms with van der Waals surface area (Å²) < 4.78 is 25.3. The first kappa shape index (κ1) is 33.9. The van der Waals surface area contributed by atoms with Crippen LogP contribution in [0.3, 0.4) is 0 Å². The molecule has 11 nitrogen and oxygen atoms in total. The van der Waals surface area contributed by atoms with E-state index in [2.05, 4.69) is 22.1 Å². The highest BCUT2D eigenvalue weighted by molar-refractivity contribution is 6.07. The molecule has 1 saturated heterocycles. The number of nitrogens with one attached hydrogen (secondary N) is 1. The summed E-state index contributed by atoms with van der Waals surface area (Å²) in [5.74, 6) is -1.79. The van der Waals surface area contributed by atoms with E-state index in [1.807, 2.05) is 19.1 Å². The first-order valence-corrected chi connectivity index (χ1v) is 18.0.